The highest BCUT2D eigenvalue weighted by molar-refractivity contribution is 5.48. The summed E-state index contributed by atoms with van der Waals surface area (Å²) in [6.07, 6.45) is 0. The van der Waals surface area contributed by atoms with Gasteiger partial charge >= 0.3 is 0 Å². The van der Waals surface area contributed by atoms with Gasteiger partial charge in [-0.15, -0.1) is 0 Å². The molecule has 25 heavy (non-hydrogen) atoms. The molecule has 1 atom stereocenters. The van der Waals surface area contributed by atoms with Crippen LogP contribution in [-0.4, -0.2) is 51.8 Å². The number of anilines is 1. The first-order valence-corrected chi connectivity index (χ1v) is 9.14. The Morgan fingerprint density at radius 3 is 2.04 bits per heavy atom. The van der Waals surface area contributed by atoms with Crippen LogP contribution >= 0.6 is 0 Å². The number of benzene rings is 2. The van der Waals surface area contributed by atoms with E-state index in [2.05, 4.69) is 77.7 Å². The molecule has 3 rings (SSSR count). The van der Waals surface area contributed by atoms with Crippen LogP contribution in [0.4, 0.5) is 5.69 Å². The zero-order valence-corrected chi connectivity index (χ0v) is 15.5. The van der Waals surface area contributed by atoms with E-state index >= 15 is 0 Å². The molecule has 0 bridgehead atoms. The number of piperazine rings is 1. The molecule has 1 aliphatic heterocycles. The van der Waals surface area contributed by atoms with Crippen molar-refractivity contribution in [3.63, 3.8) is 0 Å². The van der Waals surface area contributed by atoms with Crippen LogP contribution in [0.2, 0.25) is 0 Å². The SMILES string of the molecule is CCOc1ccc(C(c2ccc(N(C)C)cc2)N2CCNCC2)cc1. The maximum atomic E-state index is 5.60. The Kier molecular flexibility index (Phi) is 5.95. The fraction of sp³-hybridized carbons (Fsp3) is 0.429. The molecule has 0 radical (unpaired) electrons. The Bertz CT molecular complexity index is 646. The molecule has 1 unspecified atom stereocenters. The summed E-state index contributed by atoms with van der Waals surface area (Å²) in [5, 5.41) is 3.45. The third-order valence-electron chi connectivity index (χ3n) is 4.75. The highest BCUT2D eigenvalue weighted by Gasteiger charge is 2.24. The summed E-state index contributed by atoms with van der Waals surface area (Å²) in [5.41, 5.74) is 3.90. The zero-order chi connectivity index (χ0) is 17.6. The van der Waals surface area contributed by atoms with Crippen LogP contribution in [0.3, 0.4) is 0 Å². The molecule has 0 amide bonds. The van der Waals surface area contributed by atoms with Crippen molar-refractivity contribution < 1.29 is 4.74 Å². The average molecular weight is 339 g/mol. The van der Waals surface area contributed by atoms with Gasteiger partial charge in [-0.05, 0) is 42.3 Å². The maximum absolute atomic E-state index is 5.60. The number of rotatable bonds is 6. The second kappa shape index (κ2) is 8.37. The van der Waals surface area contributed by atoms with Crippen molar-refractivity contribution in [3.8, 4) is 5.75 Å². The quantitative estimate of drug-likeness (QED) is 0.875. The predicted octanol–water partition coefficient (Wildman–Crippen LogP) is 3.15. The molecular formula is C21H29N3O. The van der Waals surface area contributed by atoms with Gasteiger partial charge in [0.1, 0.15) is 5.75 Å². The van der Waals surface area contributed by atoms with Gasteiger partial charge in [0, 0.05) is 46.0 Å². The van der Waals surface area contributed by atoms with E-state index < -0.39 is 0 Å². The molecule has 1 heterocycles. The van der Waals surface area contributed by atoms with Gasteiger partial charge in [-0.1, -0.05) is 24.3 Å². The van der Waals surface area contributed by atoms with Crippen LogP contribution in [0.25, 0.3) is 0 Å². The largest absolute Gasteiger partial charge is 0.494 e. The van der Waals surface area contributed by atoms with Gasteiger partial charge in [-0.25, -0.2) is 0 Å². The summed E-state index contributed by atoms with van der Waals surface area (Å²) in [5.74, 6) is 0.938. The van der Waals surface area contributed by atoms with Crippen molar-refractivity contribution in [2.75, 3.05) is 51.8 Å². The van der Waals surface area contributed by atoms with Gasteiger partial charge in [0.2, 0.25) is 0 Å². The topological polar surface area (TPSA) is 27.7 Å². The fourth-order valence-electron chi connectivity index (χ4n) is 3.42. The van der Waals surface area contributed by atoms with Crippen LogP contribution in [0.5, 0.6) is 5.75 Å². The second-order valence-corrected chi connectivity index (χ2v) is 6.68. The average Bonchev–Trinajstić information content (AvgIpc) is 2.65. The van der Waals surface area contributed by atoms with Gasteiger partial charge in [0.25, 0.3) is 0 Å². The van der Waals surface area contributed by atoms with Crippen LogP contribution < -0.4 is 15.0 Å². The van der Waals surface area contributed by atoms with E-state index in [1.165, 1.54) is 16.8 Å². The van der Waals surface area contributed by atoms with E-state index in [1.807, 2.05) is 6.92 Å². The lowest BCUT2D eigenvalue weighted by Crippen LogP contribution is -2.45. The first kappa shape index (κ1) is 17.8. The van der Waals surface area contributed by atoms with E-state index in [-0.39, 0.29) is 6.04 Å². The summed E-state index contributed by atoms with van der Waals surface area (Å²) in [7, 11) is 4.16. The number of ether oxygens (including phenoxy) is 1. The minimum Gasteiger partial charge on any atom is -0.494 e. The minimum atomic E-state index is 0.286. The summed E-state index contributed by atoms with van der Waals surface area (Å²) in [6, 6.07) is 17.8. The molecular weight excluding hydrogens is 310 g/mol. The van der Waals surface area contributed by atoms with Crippen molar-refractivity contribution >= 4 is 5.69 Å². The first-order valence-electron chi connectivity index (χ1n) is 9.14. The number of nitrogens with zero attached hydrogens (tertiary/aromatic N) is 2. The van der Waals surface area contributed by atoms with Crippen molar-refractivity contribution in [1.82, 2.24) is 10.2 Å². The molecule has 1 saturated heterocycles. The normalized spacial score (nSPS) is 16.4. The second-order valence-electron chi connectivity index (χ2n) is 6.68. The van der Waals surface area contributed by atoms with E-state index in [9.17, 15) is 0 Å². The fourth-order valence-corrected chi connectivity index (χ4v) is 3.42. The molecule has 0 aromatic heterocycles. The molecule has 4 nitrogen and oxygen atoms in total. The molecule has 2 aromatic carbocycles. The molecule has 1 fully saturated rings. The first-order chi connectivity index (χ1) is 12.2. The van der Waals surface area contributed by atoms with Crippen molar-refractivity contribution in [1.29, 1.82) is 0 Å². The summed E-state index contributed by atoms with van der Waals surface area (Å²) >= 11 is 0. The molecule has 134 valence electrons. The maximum Gasteiger partial charge on any atom is 0.119 e. The molecule has 1 aliphatic rings. The summed E-state index contributed by atoms with van der Waals surface area (Å²) in [6.45, 7) is 6.93. The van der Waals surface area contributed by atoms with Crippen molar-refractivity contribution in [3.05, 3.63) is 59.7 Å². The van der Waals surface area contributed by atoms with E-state index in [0.29, 0.717) is 6.61 Å². The van der Waals surface area contributed by atoms with E-state index in [4.69, 9.17) is 4.74 Å². The molecule has 0 spiro atoms. The molecule has 0 aliphatic carbocycles. The van der Waals surface area contributed by atoms with Crippen LogP contribution in [-0.2, 0) is 0 Å². The molecule has 4 heteroatoms. The van der Waals surface area contributed by atoms with Gasteiger partial charge in [-0.2, -0.15) is 0 Å². The lowest BCUT2D eigenvalue weighted by Gasteiger charge is -2.35. The Hall–Kier alpha value is -2.04. The summed E-state index contributed by atoms with van der Waals surface area (Å²) in [4.78, 5) is 4.71. The Morgan fingerprint density at radius 2 is 1.52 bits per heavy atom. The predicted molar refractivity (Wildman–Crippen MR) is 105 cm³/mol. The van der Waals surface area contributed by atoms with Gasteiger partial charge < -0.3 is 15.0 Å². The third-order valence-corrected chi connectivity index (χ3v) is 4.75. The molecule has 0 saturated carbocycles. The lowest BCUT2D eigenvalue weighted by atomic mass is 9.96. The van der Waals surface area contributed by atoms with Crippen LogP contribution in [0.1, 0.15) is 24.1 Å². The monoisotopic (exact) mass is 339 g/mol. The summed E-state index contributed by atoms with van der Waals surface area (Å²) < 4.78 is 5.60. The van der Waals surface area contributed by atoms with E-state index in [1.54, 1.807) is 0 Å². The standard InChI is InChI=1S/C21H29N3O/c1-4-25-20-11-7-18(8-12-20)21(24-15-13-22-14-16-24)17-5-9-19(10-6-17)23(2)3/h5-12,21-22H,4,13-16H2,1-3H3. The van der Waals surface area contributed by atoms with Crippen LogP contribution in [0, 0.1) is 0 Å². The van der Waals surface area contributed by atoms with Gasteiger partial charge in [-0.3, -0.25) is 4.90 Å². The zero-order valence-electron chi connectivity index (χ0n) is 15.5. The third kappa shape index (κ3) is 4.33. The molecule has 2 aromatic rings. The molecule has 1 N–H and O–H groups in total. The smallest absolute Gasteiger partial charge is 0.119 e. The Morgan fingerprint density at radius 1 is 0.960 bits per heavy atom. The number of hydrogen-bond donors (Lipinski definition) is 1. The Labute approximate surface area is 151 Å². The van der Waals surface area contributed by atoms with Gasteiger partial charge in [0.15, 0.2) is 0 Å². The van der Waals surface area contributed by atoms with Gasteiger partial charge in [0.05, 0.1) is 12.6 Å². The van der Waals surface area contributed by atoms with Crippen molar-refractivity contribution in [2.45, 2.75) is 13.0 Å². The Balaban J connectivity index is 1.91. The lowest BCUT2D eigenvalue weighted by molar-refractivity contribution is 0.198. The van der Waals surface area contributed by atoms with Crippen molar-refractivity contribution in [2.24, 2.45) is 0 Å². The van der Waals surface area contributed by atoms with Crippen LogP contribution in [0.15, 0.2) is 48.5 Å². The highest BCUT2D eigenvalue weighted by atomic mass is 16.5. The minimum absolute atomic E-state index is 0.286. The number of hydrogen-bond acceptors (Lipinski definition) is 4. The highest BCUT2D eigenvalue weighted by Crippen LogP contribution is 2.31. The number of nitrogens with one attached hydrogen (secondary N) is 1. The van der Waals surface area contributed by atoms with E-state index in [0.717, 1.165) is 31.9 Å².